The van der Waals surface area contributed by atoms with Crippen LogP contribution in [-0.2, 0) is 4.79 Å². The van der Waals surface area contributed by atoms with Gasteiger partial charge >= 0.3 is 0 Å². The second-order valence-corrected chi connectivity index (χ2v) is 4.53. The summed E-state index contributed by atoms with van der Waals surface area (Å²) >= 11 is 0. The molecule has 0 fully saturated rings. The number of para-hydroxylation sites is 1. The molecule has 1 aromatic heterocycles. The highest BCUT2D eigenvalue weighted by Crippen LogP contribution is 2.28. The third-order valence-corrected chi connectivity index (χ3v) is 3.29. The van der Waals surface area contributed by atoms with Crippen LogP contribution in [0.25, 0.3) is 11.0 Å². The van der Waals surface area contributed by atoms with E-state index in [9.17, 15) is 4.79 Å². The number of hydrogen-bond acceptors (Lipinski definition) is 3. The lowest BCUT2D eigenvalue weighted by molar-refractivity contribution is -0.108. The van der Waals surface area contributed by atoms with Crippen LogP contribution >= 0.6 is 0 Å². The van der Waals surface area contributed by atoms with Crippen molar-refractivity contribution < 1.29 is 9.21 Å². The molecule has 1 heterocycles. The lowest BCUT2D eigenvalue weighted by Gasteiger charge is -2.07. The van der Waals surface area contributed by atoms with Gasteiger partial charge in [-0.3, -0.25) is 0 Å². The number of furan rings is 1. The monoisotopic (exact) mass is 261 g/mol. The number of carbonyl (C=O) groups excluding carboxylic acids is 1. The predicted molar refractivity (Wildman–Crippen MR) is 75.3 cm³/mol. The first-order chi connectivity index (χ1) is 9.81. The molecule has 96 valence electrons. The molecular weight excluding hydrogens is 250 g/mol. The third kappa shape index (κ3) is 2.08. The molecule has 0 bridgehead atoms. The van der Waals surface area contributed by atoms with E-state index in [1.165, 1.54) is 0 Å². The largest absolute Gasteiger partial charge is 0.460 e. The second kappa shape index (κ2) is 5.02. The number of hydrogen-bond donors (Lipinski definition) is 0. The summed E-state index contributed by atoms with van der Waals surface area (Å²) in [6.45, 7) is 0. The van der Waals surface area contributed by atoms with Gasteiger partial charge in [0, 0.05) is 5.39 Å². The first kappa shape index (κ1) is 12.2. The van der Waals surface area contributed by atoms with E-state index in [0.29, 0.717) is 11.3 Å². The topological polar surface area (TPSA) is 54.0 Å². The lowest BCUT2D eigenvalue weighted by atomic mass is 9.97. The summed E-state index contributed by atoms with van der Waals surface area (Å²) in [6.07, 6.45) is 0.860. The minimum absolute atomic E-state index is 0.449. The van der Waals surface area contributed by atoms with Crippen LogP contribution in [0.2, 0.25) is 0 Å². The number of benzene rings is 2. The summed E-state index contributed by atoms with van der Waals surface area (Å²) in [5.74, 6) is 0.168. The SMILES string of the molecule is N#Cc1ccc(C(C=O)c2cc3ccccc3o2)cc1. The van der Waals surface area contributed by atoms with Crippen molar-refractivity contribution in [3.05, 3.63) is 71.5 Å². The first-order valence-electron chi connectivity index (χ1n) is 6.25. The number of nitriles is 1. The van der Waals surface area contributed by atoms with E-state index < -0.39 is 5.92 Å². The molecule has 1 atom stereocenters. The van der Waals surface area contributed by atoms with Gasteiger partial charge in [0.25, 0.3) is 0 Å². The molecule has 2 aromatic carbocycles. The van der Waals surface area contributed by atoms with Crippen molar-refractivity contribution in [2.24, 2.45) is 0 Å². The summed E-state index contributed by atoms with van der Waals surface area (Å²) in [4.78, 5) is 11.4. The Hall–Kier alpha value is -2.86. The maximum absolute atomic E-state index is 11.4. The standard InChI is InChI=1S/C17H11NO2/c18-10-12-5-7-13(8-6-12)15(11-19)17-9-14-3-1-2-4-16(14)20-17/h1-9,11,15H. The molecule has 3 heteroatoms. The fraction of sp³-hybridized carbons (Fsp3) is 0.0588. The van der Waals surface area contributed by atoms with Crippen LogP contribution in [0.5, 0.6) is 0 Å². The van der Waals surface area contributed by atoms with E-state index in [0.717, 1.165) is 22.8 Å². The smallest absolute Gasteiger partial charge is 0.135 e. The predicted octanol–water partition coefficient (Wildman–Crippen LogP) is 3.64. The molecule has 1 unspecified atom stereocenters. The molecule has 3 rings (SSSR count). The van der Waals surface area contributed by atoms with Gasteiger partial charge in [-0.2, -0.15) is 5.26 Å². The van der Waals surface area contributed by atoms with Gasteiger partial charge in [-0.25, -0.2) is 0 Å². The molecule has 0 saturated heterocycles. The van der Waals surface area contributed by atoms with E-state index in [-0.39, 0.29) is 0 Å². The molecule has 0 spiro atoms. The minimum atomic E-state index is -0.449. The van der Waals surface area contributed by atoms with Crippen molar-refractivity contribution in [3.63, 3.8) is 0 Å². The maximum Gasteiger partial charge on any atom is 0.135 e. The van der Waals surface area contributed by atoms with Crippen LogP contribution < -0.4 is 0 Å². The molecule has 0 aliphatic carbocycles. The summed E-state index contributed by atoms with van der Waals surface area (Å²) in [7, 11) is 0. The molecule has 3 aromatic rings. The van der Waals surface area contributed by atoms with Crippen molar-refractivity contribution in [1.82, 2.24) is 0 Å². The number of carbonyl (C=O) groups is 1. The Morgan fingerprint density at radius 1 is 1.10 bits per heavy atom. The summed E-state index contributed by atoms with van der Waals surface area (Å²) in [6, 6.07) is 18.6. The summed E-state index contributed by atoms with van der Waals surface area (Å²) in [5.41, 5.74) is 2.16. The van der Waals surface area contributed by atoms with Crippen molar-refractivity contribution >= 4 is 17.3 Å². The normalized spacial score (nSPS) is 11.9. The second-order valence-electron chi connectivity index (χ2n) is 4.53. The van der Waals surface area contributed by atoms with Gasteiger partial charge in [0.1, 0.15) is 17.6 Å². The number of fused-ring (bicyclic) bond motifs is 1. The van der Waals surface area contributed by atoms with Crippen LogP contribution in [0.1, 0.15) is 22.8 Å². The van der Waals surface area contributed by atoms with Gasteiger partial charge < -0.3 is 9.21 Å². The highest BCUT2D eigenvalue weighted by molar-refractivity contribution is 5.80. The van der Waals surface area contributed by atoms with E-state index in [1.54, 1.807) is 24.3 Å². The van der Waals surface area contributed by atoms with Gasteiger partial charge in [0.15, 0.2) is 0 Å². The first-order valence-corrected chi connectivity index (χ1v) is 6.25. The lowest BCUT2D eigenvalue weighted by Crippen LogP contribution is -2.00. The van der Waals surface area contributed by atoms with Gasteiger partial charge in [0.2, 0.25) is 0 Å². The third-order valence-electron chi connectivity index (χ3n) is 3.29. The number of rotatable bonds is 3. The van der Waals surface area contributed by atoms with E-state index >= 15 is 0 Å². The number of nitrogens with zero attached hydrogens (tertiary/aromatic N) is 1. The van der Waals surface area contributed by atoms with E-state index in [2.05, 4.69) is 6.07 Å². The zero-order chi connectivity index (χ0) is 13.9. The molecule has 0 aliphatic rings. The van der Waals surface area contributed by atoms with Crippen LogP contribution in [0.4, 0.5) is 0 Å². The Labute approximate surface area is 116 Å². The Bertz CT molecular complexity index is 761. The van der Waals surface area contributed by atoms with Gasteiger partial charge in [0.05, 0.1) is 17.6 Å². The molecule has 0 radical (unpaired) electrons. The zero-order valence-electron chi connectivity index (χ0n) is 10.6. The molecule has 3 nitrogen and oxygen atoms in total. The summed E-state index contributed by atoms with van der Waals surface area (Å²) in [5, 5.41) is 9.77. The van der Waals surface area contributed by atoms with Crippen LogP contribution in [0.15, 0.2) is 59.0 Å². The maximum atomic E-state index is 11.4. The van der Waals surface area contributed by atoms with E-state index in [1.807, 2.05) is 30.3 Å². The van der Waals surface area contributed by atoms with Crippen LogP contribution in [-0.4, -0.2) is 6.29 Å². The average molecular weight is 261 g/mol. The molecule has 0 saturated carbocycles. The van der Waals surface area contributed by atoms with Crippen molar-refractivity contribution in [3.8, 4) is 6.07 Å². The minimum Gasteiger partial charge on any atom is -0.460 e. The average Bonchev–Trinajstić information content (AvgIpc) is 2.92. The molecular formula is C17H11NO2. The molecule has 0 amide bonds. The fourth-order valence-electron chi connectivity index (χ4n) is 2.23. The quantitative estimate of drug-likeness (QED) is 0.676. The van der Waals surface area contributed by atoms with E-state index in [4.69, 9.17) is 9.68 Å². The molecule has 0 N–H and O–H groups in total. The Morgan fingerprint density at radius 2 is 1.85 bits per heavy atom. The van der Waals surface area contributed by atoms with Crippen LogP contribution in [0.3, 0.4) is 0 Å². The van der Waals surface area contributed by atoms with Gasteiger partial charge in [-0.05, 0) is 29.8 Å². The van der Waals surface area contributed by atoms with Gasteiger partial charge in [-0.1, -0.05) is 30.3 Å². The Kier molecular flexibility index (Phi) is 3.06. The summed E-state index contributed by atoms with van der Waals surface area (Å²) < 4.78 is 5.74. The highest BCUT2D eigenvalue weighted by Gasteiger charge is 2.17. The number of aldehydes is 1. The molecule has 0 aliphatic heterocycles. The highest BCUT2D eigenvalue weighted by atomic mass is 16.3. The Morgan fingerprint density at radius 3 is 2.50 bits per heavy atom. The van der Waals surface area contributed by atoms with Crippen molar-refractivity contribution in [2.45, 2.75) is 5.92 Å². The van der Waals surface area contributed by atoms with Crippen molar-refractivity contribution in [2.75, 3.05) is 0 Å². The van der Waals surface area contributed by atoms with Crippen molar-refractivity contribution in [1.29, 1.82) is 5.26 Å². The molecule has 20 heavy (non-hydrogen) atoms. The Balaban J connectivity index is 2.04. The fourth-order valence-corrected chi connectivity index (χ4v) is 2.23. The zero-order valence-corrected chi connectivity index (χ0v) is 10.6. The van der Waals surface area contributed by atoms with Gasteiger partial charge in [-0.15, -0.1) is 0 Å². The van der Waals surface area contributed by atoms with Crippen LogP contribution in [0, 0.1) is 11.3 Å².